The molecule has 0 saturated heterocycles. The second kappa shape index (κ2) is 5.81. The van der Waals surface area contributed by atoms with Crippen molar-refractivity contribution in [1.82, 2.24) is 15.3 Å². The fourth-order valence-electron chi connectivity index (χ4n) is 3.32. The molecule has 120 valence electrons. The first kappa shape index (κ1) is 14.5. The van der Waals surface area contributed by atoms with Crippen LogP contribution in [0.3, 0.4) is 0 Å². The molecule has 2 fully saturated rings. The highest BCUT2D eigenvalue weighted by molar-refractivity contribution is 6.25. The summed E-state index contributed by atoms with van der Waals surface area (Å²) in [5.74, 6) is 1.05. The van der Waals surface area contributed by atoms with Crippen LogP contribution in [0.4, 0.5) is 0 Å². The molecule has 0 aliphatic heterocycles. The number of hydrogen-bond donors (Lipinski definition) is 4. The number of rotatable bonds is 6. The Kier molecular flexibility index (Phi) is 3.65. The molecule has 2 aliphatic carbocycles. The van der Waals surface area contributed by atoms with Gasteiger partial charge in [0.25, 0.3) is 0 Å². The number of nitrogens with one attached hydrogen (secondary N) is 3. The van der Waals surface area contributed by atoms with Crippen LogP contribution in [-0.2, 0) is 0 Å². The number of fused-ring (bicyclic) bond motifs is 1. The van der Waals surface area contributed by atoms with Crippen molar-refractivity contribution >= 4 is 22.2 Å². The Morgan fingerprint density at radius 1 is 1.39 bits per heavy atom. The van der Waals surface area contributed by atoms with Crippen LogP contribution in [0.2, 0.25) is 0 Å². The van der Waals surface area contributed by atoms with Crippen molar-refractivity contribution in [3.05, 3.63) is 36.4 Å². The second-order valence-corrected chi connectivity index (χ2v) is 6.78. The lowest BCUT2D eigenvalue weighted by Gasteiger charge is -2.34. The van der Waals surface area contributed by atoms with Crippen LogP contribution in [0, 0.1) is 17.2 Å². The molecule has 2 saturated carbocycles. The summed E-state index contributed by atoms with van der Waals surface area (Å²) in [6.07, 6.45) is 10.3. The lowest BCUT2D eigenvalue weighted by molar-refractivity contribution is 0.247. The van der Waals surface area contributed by atoms with Gasteiger partial charge >= 0.3 is 0 Å². The van der Waals surface area contributed by atoms with Crippen LogP contribution in [-0.4, -0.2) is 28.3 Å². The molecular weight excluding hydrogens is 286 g/mol. The van der Waals surface area contributed by atoms with Crippen LogP contribution in [0.25, 0.3) is 16.5 Å². The standard InChI is InChI=1S/C18H23N5/c19-9-11-7-14(8-11)23-10-15(16(20)12-1-2-12)18-17-13(3-5-21-17)4-6-22-18/h3-6,10-12,14,20-21,23H,1-2,7-9,19H2/b15-10+,20-16?/t11-,14-. The molecule has 0 amide bonds. The summed E-state index contributed by atoms with van der Waals surface area (Å²) < 4.78 is 0. The number of aromatic nitrogens is 2. The van der Waals surface area contributed by atoms with E-state index in [1.54, 1.807) is 0 Å². The fraction of sp³-hybridized carbons (Fsp3) is 0.444. The molecule has 2 heterocycles. The molecule has 2 aliphatic rings. The molecular formula is C18H23N5. The predicted octanol–water partition coefficient (Wildman–Crippen LogP) is 2.66. The van der Waals surface area contributed by atoms with Crippen LogP contribution in [0.5, 0.6) is 0 Å². The molecule has 0 atom stereocenters. The predicted molar refractivity (Wildman–Crippen MR) is 93.2 cm³/mol. The van der Waals surface area contributed by atoms with Crippen molar-refractivity contribution < 1.29 is 0 Å². The van der Waals surface area contributed by atoms with Crippen molar-refractivity contribution in [1.29, 1.82) is 5.41 Å². The molecule has 2 aromatic rings. The quantitative estimate of drug-likeness (QED) is 0.618. The van der Waals surface area contributed by atoms with E-state index >= 15 is 0 Å². The summed E-state index contributed by atoms with van der Waals surface area (Å²) in [6, 6.07) is 4.52. The zero-order valence-corrected chi connectivity index (χ0v) is 13.2. The highest BCUT2D eigenvalue weighted by Crippen LogP contribution is 2.36. The van der Waals surface area contributed by atoms with E-state index < -0.39 is 0 Å². The fourth-order valence-corrected chi connectivity index (χ4v) is 3.32. The van der Waals surface area contributed by atoms with Gasteiger partial charge in [-0.15, -0.1) is 0 Å². The molecule has 5 heteroatoms. The molecule has 5 nitrogen and oxygen atoms in total. The van der Waals surface area contributed by atoms with Crippen LogP contribution >= 0.6 is 0 Å². The van der Waals surface area contributed by atoms with Gasteiger partial charge in [-0.3, -0.25) is 4.98 Å². The molecule has 23 heavy (non-hydrogen) atoms. The van der Waals surface area contributed by atoms with Gasteiger partial charge in [0.2, 0.25) is 0 Å². The van der Waals surface area contributed by atoms with Crippen molar-refractivity contribution in [2.45, 2.75) is 31.7 Å². The first-order valence-electron chi connectivity index (χ1n) is 8.44. The van der Waals surface area contributed by atoms with Gasteiger partial charge in [0, 0.05) is 47.2 Å². The number of pyridine rings is 1. The molecule has 4 rings (SSSR count). The number of nitrogens with zero attached hydrogens (tertiary/aromatic N) is 1. The third-order valence-corrected chi connectivity index (χ3v) is 5.04. The molecule has 5 N–H and O–H groups in total. The number of H-pyrrole nitrogens is 1. The Morgan fingerprint density at radius 2 is 2.22 bits per heavy atom. The Labute approximate surface area is 135 Å². The first-order valence-corrected chi connectivity index (χ1v) is 8.44. The van der Waals surface area contributed by atoms with Crippen molar-refractivity contribution in [3.8, 4) is 0 Å². The van der Waals surface area contributed by atoms with Gasteiger partial charge in [0.05, 0.1) is 11.2 Å². The van der Waals surface area contributed by atoms with Crippen LogP contribution in [0.1, 0.15) is 31.4 Å². The minimum Gasteiger partial charge on any atom is -0.388 e. The Balaban J connectivity index is 1.63. The van der Waals surface area contributed by atoms with Crippen LogP contribution < -0.4 is 11.1 Å². The summed E-state index contributed by atoms with van der Waals surface area (Å²) in [6.45, 7) is 0.774. The monoisotopic (exact) mass is 309 g/mol. The molecule has 0 radical (unpaired) electrons. The van der Waals surface area contributed by atoms with E-state index in [9.17, 15) is 0 Å². The van der Waals surface area contributed by atoms with E-state index in [4.69, 9.17) is 11.1 Å². The first-order chi connectivity index (χ1) is 11.3. The lowest BCUT2D eigenvalue weighted by Crippen LogP contribution is -2.41. The van der Waals surface area contributed by atoms with Crippen LogP contribution in [0.15, 0.2) is 30.7 Å². The topological polar surface area (TPSA) is 90.6 Å². The minimum absolute atomic E-state index is 0.397. The molecule has 0 spiro atoms. The molecule has 2 aromatic heterocycles. The Hall–Kier alpha value is -2.14. The SMILES string of the molecule is N=C(/C(=C\N[C@H]1C[C@H](CN)C1)c1nccc2cc[nH]c12)C1CC1. The summed E-state index contributed by atoms with van der Waals surface area (Å²) in [5, 5.41) is 13.2. The lowest BCUT2D eigenvalue weighted by atomic mass is 9.80. The maximum atomic E-state index is 8.54. The van der Waals surface area contributed by atoms with Gasteiger partial charge in [0.1, 0.15) is 0 Å². The van der Waals surface area contributed by atoms with E-state index in [-0.39, 0.29) is 0 Å². The highest BCUT2D eigenvalue weighted by atomic mass is 14.9. The van der Waals surface area contributed by atoms with Gasteiger partial charge < -0.3 is 21.4 Å². The summed E-state index contributed by atoms with van der Waals surface area (Å²) >= 11 is 0. The van der Waals surface area contributed by atoms with Crippen molar-refractivity contribution in [2.75, 3.05) is 6.54 Å². The number of aromatic amines is 1. The number of hydrogen-bond acceptors (Lipinski definition) is 4. The minimum atomic E-state index is 0.397. The van der Waals surface area contributed by atoms with Gasteiger partial charge in [-0.25, -0.2) is 0 Å². The third-order valence-electron chi connectivity index (χ3n) is 5.04. The summed E-state index contributed by atoms with van der Waals surface area (Å²) in [4.78, 5) is 7.83. The summed E-state index contributed by atoms with van der Waals surface area (Å²) in [7, 11) is 0. The Morgan fingerprint density at radius 3 is 2.96 bits per heavy atom. The average molecular weight is 309 g/mol. The van der Waals surface area contributed by atoms with Gasteiger partial charge in [-0.1, -0.05) is 0 Å². The van der Waals surface area contributed by atoms with E-state index in [2.05, 4.69) is 15.3 Å². The molecule has 0 unspecified atom stereocenters. The zero-order valence-electron chi connectivity index (χ0n) is 13.2. The average Bonchev–Trinajstić information content (AvgIpc) is 3.26. The molecule has 0 bridgehead atoms. The van der Waals surface area contributed by atoms with Crippen molar-refractivity contribution in [3.63, 3.8) is 0 Å². The third kappa shape index (κ3) is 2.77. The van der Waals surface area contributed by atoms with Gasteiger partial charge in [0.15, 0.2) is 0 Å². The van der Waals surface area contributed by atoms with Gasteiger partial charge in [-0.05, 0) is 50.3 Å². The van der Waals surface area contributed by atoms with E-state index in [0.29, 0.717) is 23.6 Å². The van der Waals surface area contributed by atoms with E-state index in [0.717, 1.165) is 54.4 Å². The maximum Gasteiger partial charge on any atom is 0.0975 e. The Bertz CT molecular complexity index is 750. The second-order valence-electron chi connectivity index (χ2n) is 6.78. The highest BCUT2D eigenvalue weighted by Gasteiger charge is 2.31. The summed E-state index contributed by atoms with van der Waals surface area (Å²) in [5.41, 5.74) is 9.23. The normalized spacial score (nSPS) is 24.5. The largest absolute Gasteiger partial charge is 0.388 e. The smallest absolute Gasteiger partial charge is 0.0975 e. The van der Waals surface area contributed by atoms with E-state index in [1.165, 1.54) is 0 Å². The van der Waals surface area contributed by atoms with E-state index in [1.807, 2.05) is 30.7 Å². The number of nitrogens with two attached hydrogens (primary N) is 1. The maximum absolute atomic E-state index is 8.54. The molecule has 0 aromatic carbocycles. The van der Waals surface area contributed by atoms with Crippen molar-refractivity contribution in [2.24, 2.45) is 17.6 Å². The van der Waals surface area contributed by atoms with Gasteiger partial charge in [-0.2, -0.15) is 0 Å². The number of allylic oxidation sites excluding steroid dienone is 1. The zero-order chi connectivity index (χ0) is 15.8.